The number of hydrogen-bond acceptors (Lipinski definition) is 4. The molecule has 21 heavy (non-hydrogen) atoms. The Hall–Kier alpha value is -0.980. The van der Waals surface area contributed by atoms with Crippen LogP contribution in [0.5, 0.6) is 0 Å². The van der Waals surface area contributed by atoms with Crippen LogP contribution >= 0.6 is 15.9 Å². The minimum Gasteiger partial charge on any atom is -0.312 e. The van der Waals surface area contributed by atoms with Gasteiger partial charge in [-0.2, -0.15) is 0 Å². The van der Waals surface area contributed by atoms with Crippen LogP contribution in [0.2, 0.25) is 0 Å². The lowest BCUT2D eigenvalue weighted by molar-refractivity contribution is -0.385. The molecular formula is C15H22BrN3O2. The summed E-state index contributed by atoms with van der Waals surface area (Å²) in [6.07, 6.45) is 5.09. The number of nitro groups is 1. The predicted molar refractivity (Wildman–Crippen MR) is 87.4 cm³/mol. The molecule has 1 saturated heterocycles. The van der Waals surface area contributed by atoms with Crippen LogP contribution in [-0.2, 0) is 6.54 Å². The highest BCUT2D eigenvalue weighted by atomic mass is 79.9. The van der Waals surface area contributed by atoms with Gasteiger partial charge >= 0.3 is 0 Å². The van der Waals surface area contributed by atoms with E-state index in [0.29, 0.717) is 6.54 Å². The van der Waals surface area contributed by atoms with Crippen molar-refractivity contribution in [3.05, 3.63) is 38.3 Å². The van der Waals surface area contributed by atoms with Gasteiger partial charge in [0.2, 0.25) is 0 Å². The zero-order valence-corrected chi connectivity index (χ0v) is 13.8. The number of piperidine rings is 1. The molecule has 0 aromatic heterocycles. The van der Waals surface area contributed by atoms with Gasteiger partial charge in [0.25, 0.3) is 5.69 Å². The van der Waals surface area contributed by atoms with Crippen molar-refractivity contribution in [1.82, 2.24) is 10.2 Å². The maximum absolute atomic E-state index is 11.0. The Morgan fingerprint density at radius 3 is 2.76 bits per heavy atom. The molecule has 0 unspecified atom stereocenters. The minimum atomic E-state index is -0.324. The number of benzene rings is 1. The van der Waals surface area contributed by atoms with Crippen LogP contribution in [0.3, 0.4) is 0 Å². The van der Waals surface area contributed by atoms with E-state index in [-0.39, 0.29) is 10.6 Å². The van der Waals surface area contributed by atoms with Crippen molar-refractivity contribution in [1.29, 1.82) is 0 Å². The molecular weight excluding hydrogens is 334 g/mol. The Balaban J connectivity index is 1.72. The van der Waals surface area contributed by atoms with Gasteiger partial charge in [-0.1, -0.05) is 22.4 Å². The molecule has 1 heterocycles. The Labute approximate surface area is 134 Å². The maximum Gasteiger partial charge on any atom is 0.275 e. The predicted octanol–water partition coefficient (Wildman–Crippen LogP) is 3.32. The fraction of sp³-hybridized carbons (Fsp3) is 0.600. The highest BCUT2D eigenvalue weighted by Gasteiger charge is 2.13. The maximum atomic E-state index is 11.0. The Kier molecular flexibility index (Phi) is 6.60. The summed E-state index contributed by atoms with van der Waals surface area (Å²) in [4.78, 5) is 13.2. The van der Waals surface area contributed by atoms with Crippen LogP contribution in [0.1, 0.15) is 31.2 Å². The smallest absolute Gasteiger partial charge is 0.275 e. The molecule has 1 aromatic carbocycles. The van der Waals surface area contributed by atoms with Crippen molar-refractivity contribution in [3.8, 4) is 0 Å². The summed E-state index contributed by atoms with van der Waals surface area (Å²) in [6.45, 7) is 5.00. The van der Waals surface area contributed by atoms with E-state index in [4.69, 9.17) is 0 Å². The van der Waals surface area contributed by atoms with Gasteiger partial charge in [-0.05, 0) is 57.6 Å². The first kappa shape index (κ1) is 16.4. The molecule has 0 atom stereocenters. The molecule has 5 nitrogen and oxygen atoms in total. The monoisotopic (exact) mass is 355 g/mol. The summed E-state index contributed by atoms with van der Waals surface area (Å²) in [5, 5.41) is 14.3. The van der Waals surface area contributed by atoms with E-state index in [1.807, 2.05) is 6.07 Å². The van der Waals surface area contributed by atoms with Gasteiger partial charge in [0.15, 0.2) is 0 Å². The van der Waals surface area contributed by atoms with Crippen molar-refractivity contribution in [2.75, 3.05) is 26.2 Å². The zero-order valence-electron chi connectivity index (χ0n) is 12.2. The third-order valence-corrected chi connectivity index (χ3v) is 4.33. The van der Waals surface area contributed by atoms with Crippen LogP contribution < -0.4 is 5.32 Å². The van der Waals surface area contributed by atoms with Crippen molar-refractivity contribution in [2.45, 2.75) is 32.2 Å². The Morgan fingerprint density at radius 1 is 1.29 bits per heavy atom. The van der Waals surface area contributed by atoms with Crippen molar-refractivity contribution < 1.29 is 4.92 Å². The molecule has 1 aliphatic heterocycles. The summed E-state index contributed by atoms with van der Waals surface area (Å²) in [5.41, 5.74) is 0.911. The molecule has 0 saturated carbocycles. The molecule has 6 heteroatoms. The van der Waals surface area contributed by atoms with E-state index in [0.717, 1.165) is 29.5 Å². The first-order valence-electron chi connectivity index (χ1n) is 7.53. The Morgan fingerprint density at radius 2 is 2.05 bits per heavy atom. The van der Waals surface area contributed by atoms with Crippen molar-refractivity contribution in [3.63, 3.8) is 0 Å². The molecule has 1 fully saturated rings. The lowest BCUT2D eigenvalue weighted by Crippen LogP contribution is -2.32. The summed E-state index contributed by atoms with van der Waals surface area (Å²) in [7, 11) is 0. The second kappa shape index (κ2) is 8.46. The fourth-order valence-corrected chi connectivity index (χ4v) is 3.04. The first-order valence-corrected chi connectivity index (χ1v) is 8.32. The van der Waals surface area contributed by atoms with Gasteiger partial charge in [0, 0.05) is 22.6 Å². The van der Waals surface area contributed by atoms with E-state index in [1.54, 1.807) is 12.1 Å². The number of likely N-dealkylation sites (tertiary alicyclic amines) is 1. The molecule has 0 aliphatic carbocycles. The fourth-order valence-electron chi connectivity index (χ4n) is 2.69. The van der Waals surface area contributed by atoms with Crippen molar-refractivity contribution in [2.24, 2.45) is 0 Å². The topological polar surface area (TPSA) is 58.4 Å². The van der Waals surface area contributed by atoms with Crippen LogP contribution in [0, 0.1) is 10.1 Å². The summed E-state index contributed by atoms with van der Waals surface area (Å²) >= 11 is 3.27. The van der Waals surface area contributed by atoms with Crippen LogP contribution in [0.25, 0.3) is 0 Å². The Bertz CT molecular complexity index is 476. The van der Waals surface area contributed by atoms with Gasteiger partial charge in [-0.25, -0.2) is 0 Å². The number of rotatable bonds is 7. The average Bonchev–Trinajstić information content (AvgIpc) is 2.49. The highest BCUT2D eigenvalue weighted by Crippen LogP contribution is 2.23. The van der Waals surface area contributed by atoms with E-state index in [9.17, 15) is 10.1 Å². The lowest BCUT2D eigenvalue weighted by Gasteiger charge is -2.26. The van der Waals surface area contributed by atoms with Gasteiger partial charge in [0.05, 0.1) is 4.92 Å². The standard InChI is InChI=1S/C15H22BrN3O2/c16-14-6-5-13(15(11-14)19(20)21)12-17-7-4-10-18-8-2-1-3-9-18/h5-6,11,17H,1-4,7-10,12H2. The SMILES string of the molecule is O=[N+]([O-])c1cc(Br)ccc1CNCCCN1CCCCC1. The molecule has 0 spiro atoms. The average molecular weight is 356 g/mol. The van der Waals surface area contributed by atoms with E-state index in [1.165, 1.54) is 32.4 Å². The van der Waals surface area contributed by atoms with Crippen LogP contribution in [0.15, 0.2) is 22.7 Å². The zero-order chi connectivity index (χ0) is 15.1. The van der Waals surface area contributed by atoms with Gasteiger partial charge in [-0.3, -0.25) is 10.1 Å². The van der Waals surface area contributed by atoms with Gasteiger partial charge in [0.1, 0.15) is 0 Å². The summed E-state index contributed by atoms with van der Waals surface area (Å²) in [6, 6.07) is 5.21. The second-order valence-electron chi connectivity index (χ2n) is 5.46. The first-order chi connectivity index (χ1) is 10.2. The second-order valence-corrected chi connectivity index (χ2v) is 6.38. The van der Waals surface area contributed by atoms with Crippen molar-refractivity contribution >= 4 is 21.6 Å². The summed E-state index contributed by atoms with van der Waals surface area (Å²) < 4.78 is 0.739. The number of nitrogens with zero attached hydrogens (tertiary/aromatic N) is 2. The van der Waals surface area contributed by atoms with Crippen LogP contribution in [0.4, 0.5) is 5.69 Å². The molecule has 116 valence electrons. The minimum absolute atomic E-state index is 0.174. The molecule has 2 rings (SSSR count). The molecule has 0 bridgehead atoms. The lowest BCUT2D eigenvalue weighted by atomic mass is 10.1. The third kappa shape index (κ3) is 5.37. The number of hydrogen-bond donors (Lipinski definition) is 1. The molecule has 0 amide bonds. The van der Waals surface area contributed by atoms with E-state index < -0.39 is 0 Å². The quantitative estimate of drug-likeness (QED) is 0.463. The third-order valence-electron chi connectivity index (χ3n) is 3.84. The number of halogens is 1. The largest absolute Gasteiger partial charge is 0.312 e. The van der Waals surface area contributed by atoms with E-state index in [2.05, 4.69) is 26.1 Å². The number of nitrogens with one attached hydrogen (secondary N) is 1. The molecule has 1 aliphatic rings. The van der Waals surface area contributed by atoms with E-state index >= 15 is 0 Å². The highest BCUT2D eigenvalue weighted by molar-refractivity contribution is 9.10. The molecule has 1 aromatic rings. The van der Waals surface area contributed by atoms with Crippen LogP contribution in [-0.4, -0.2) is 36.0 Å². The number of nitro benzene ring substituents is 1. The normalized spacial score (nSPS) is 16.0. The molecule has 0 radical (unpaired) electrons. The molecule has 1 N–H and O–H groups in total. The summed E-state index contributed by atoms with van der Waals surface area (Å²) in [5.74, 6) is 0. The van der Waals surface area contributed by atoms with Gasteiger partial charge in [-0.15, -0.1) is 0 Å². The van der Waals surface area contributed by atoms with Gasteiger partial charge < -0.3 is 10.2 Å².